The van der Waals surface area contributed by atoms with E-state index in [0.29, 0.717) is 5.92 Å². The number of aromatic nitrogens is 2. The third kappa shape index (κ3) is 2.03. The summed E-state index contributed by atoms with van der Waals surface area (Å²) in [7, 11) is 0. The fourth-order valence-corrected chi connectivity index (χ4v) is 2.36. The Bertz CT molecular complexity index is 526. The first-order valence-corrected chi connectivity index (χ1v) is 6.56. The van der Waals surface area contributed by atoms with Crippen molar-refractivity contribution in [2.75, 3.05) is 13.1 Å². The van der Waals surface area contributed by atoms with Crippen LogP contribution >= 0.6 is 15.9 Å². The maximum atomic E-state index is 4.72. The number of rotatable bonds is 2. The average molecular weight is 292 g/mol. The zero-order chi connectivity index (χ0) is 11.8. The third-order valence-electron chi connectivity index (χ3n) is 3.21. The van der Waals surface area contributed by atoms with Crippen molar-refractivity contribution in [3.8, 4) is 11.4 Å². The van der Waals surface area contributed by atoms with Gasteiger partial charge in [0, 0.05) is 34.7 Å². The molecule has 88 valence electrons. The van der Waals surface area contributed by atoms with E-state index in [-0.39, 0.29) is 0 Å². The number of hydrogen-bond donors (Lipinski definition) is 2. The van der Waals surface area contributed by atoms with Crippen molar-refractivity contribution in [3.05, 3.63) is 40.1 Å². The lowest BCUT2D eigenvalue weighted by atomic mass is 9.98. The number of benzene rings is 1. The van der Waals surface area contributed by atoms with Gasteiger partial charge < -0.3 is 10.3 Å². The first-order chi connectivity index (χ1) is 8.24. The predicted molar refractivity (Wildman–Crippen MR) is 72.1 cm³/mol. The summed E-state index contributed by atoms with van der Waals surface area (Å²) in [5.74, 6) is 1.55. The quantitative estimate of drug-likeness (QED) is 0.893. The van der Waals surface area contributed by atoms with Crippen LogP contribution in [0.15, 0.2) is 28.7 Å². The maximum absolute atomic E-state index is 4.72. The van der Waals surface area contributed by atoms with Gasteiger partial charge >= 0.3 is 0 Å². The lowest BCUT2D eigenvalue weighted by Gasteiger charge is -2.25. The Hall–Kier alpha value is -1.13. The molecule has 1 aliphatic rings. The highest BCUT2D eigenvalue weighted by Gasteiger charge is 2.24. The van der Waals surface area contributed by atoms with Gasteiger partial charge in [-0.05, 0) is 19.1 Å². The van der Waals surface area contributed by atoms with Crippen molar-refractivity contribution in [2.24, 2.45) is 0 Å². The summed E-state index contributed by atoms with van der Waals surface area (Å²) in [5.41, 5.74) is 3.53. The molecule has 4 heteroatoms. The van der Waals surface area contributed by atoms with Crippen LogP contribution in [0.2, 0.25) is 0 Å². The number of hydrogen-bond acceptors (Lipinski definition) is 2. The highest BCUT2D eigenvalue weighted by Crippen LogP contribution is 2.26. The van der Waals surface area contributed by atoms with Gasteiger partial charge in [0.1, 0.15) is 5.82 Å². The predicted octanol–water partition coefficient (Wildman–Crippen LogP) is 2.83. The molecule has 17 heavy (non-hydrogen) atoms. The van der Waals surface area contributed by atoms with Crippen LogP contribution in [0.4, 0.5) is 0 Å². The Morgan fingerprint density at radius 1 is 1.24 bits per heavy atom. The van der Waals surface area contributed by atoms with Crippen LogP contribution in [0.5, 0.6) is 0 Å². The summed E-state index contributed by atoms with van der Waals surface area (Å²) in [5, 5.41) is 3.28. The molecular weight excluding hydrogens is 278 g/mol. The highest BCUT2D eigenvalue weighted by molar-refractivity contribution is 9.10. The Kier molecular flexibility index (Phi) is 2.76. The van der Waals surface area contributed by atoms with Crippen LogP contribution in [-0.4, -0.2) is 23.1 Å². The zero-order valence-corrected chi connectivity index (χ0v) is 11.2. The lowest BCUT2D eigenvalue weighted by Crippen LogP contribution is -2.40. The Labute approximate surface area is 109 Å². The van der Waals surface area contributed by atoms with E-state index in [1.165, 1.54) is 11.4 Å². The van der Waals surface area contributed by atoms with E-state index in [4.69, 9.17) is 4.98 Å². The Morgan fingerprint density at radius 2 is 1.94 bits per heavy atom. The smallest absolute Gasteiger partial charge is 0.137 e. The molecule has 1 aliphatic heterocycles. The SMILES string of the molecule is Cc1[nH]c(-c2ccc(Br)cc2)nc1C1CNC1. The van der Waals surface area contributed by atoms with Crippen molar-refractivity contribution in [1.82, 2.24) is 15.3 Å². The minimum absolute atomic E-state index is 0.579. The van der Waals surface area contributed by atoms with Crippen LogP contribution in [0, 0.1) is 6.92 Å². The summed E-state index contributed by atoms with van der Waals surface area (Å²) in [6.45, 7) is 4.19. The molecule has 0 spiro atoms. The summed E-state index contributed by atoms with van der Waals surface area (Å²) < 4.78 is 1.09. The first kappa shape index (κ1) is 11.0. The zero-order valence-electron chi connectivity index (χ0n) is 9.63. The van der Waals surface area contributed by atoms with Crippen LogP contribution < -0.4 is 5.32 Å². The summed E-state index contributed by atoms with van der Waals surface area (Å²) in [4.78, 5) is 8.10. The molecule has 0 bridgehead atoms. The van der Waals surface area contributed by atoms with Gasteiger partial charge in [0.15, 0.2) is 0 Å². The molecule has 0 amide bonds. The molecule has 1 fully saturated rings. The van der Waals surface area contributed by atoms with E-state index in [1.807, 2.05) is 12.1 Å². The molecule has 1 aromatic carbocycles. The fourth-order valence-electron chi connectivity index (χ4n) is 2.10. The summed E-state index contributed by atoms with van der Waals surface area (Å²) in [6, 6.07) is 8.23. The second kappa shape index (κ2) is 4.27. The summed E-state index contributed by atoms with van der Waals surface area (Å²) in [6.07, 6.45) is 0. The van der Waals surface area contributed by atoms with Gasteiger partial charge in [0.2, 0.25) is 0 Å². The molecule has 2 N–H and O–H groups in total. The number of halogens is 1. The molecule has 0 radical (unpaired) electrons. The van der Waals surface area contributed by atoms with Crippen molar-refractivity contribution >= 4 is 15.9 Å². The fraction of sp³-hybridized carbons (Fsp3) is 0.308. The normalized spacial score (nSPS) is 15.9. The van der Waals surface area contributed by atoms with Gasteiger partial charge in [-0.3, -0.25) is 0 Å². The Balaban J connectivity index is 1.95. The number of nitrogens with one attached hydrogen (secondary N) is 2. The summed E-state index contributed by atoms with van der Waals surface area (Å²) >= 11 is 3.44. The van der Waals surface area contributed by atoms with E-state index in [2.05, 4.69) is 45.3 Å². The molecule has 0 aliphatic carbocycles. The molecule has 3 rings (SSSR count). The topological polar surface area (TPSA) is 40.7 Å². The highest BCUT2D eigenvalue weighted by atomic mass is 79.9. The molecule has 0 saturated carbocycles. The van der Waals surface area contributed by atoms with Crippen LogP contribution in [0.1, 0.15) is 17.3 Å². The van der Waals surface area contributed by atoms with E-state index in [9.17, 15) is 0 Å². The van der Waals surface area contributed by atoms with Gasteiger partial charge in [0.05, 0.1) is 5.69 Å². The Morgan fingerprint density at radius 3 is 2.53 bits per heavy atom. The lowest BCUT2D eigenvalue weighted by molar-refractivity contribution is 0.439. The van der Waals surface area contributed by atoms with Gasteiger partial charge in [-0.2, -0.15) is 0 Å². The van der Waals surface area contributed by atoms with Crippen LogP contribution in [0.25, 0.3) is 11.4 Å². The molecule has 1 saturated heterocycles. The largest absolute Gasteiger partial charge is 0.342 e. The number of aromatic amines is 1. The standard InChI is InChI=1S/C13H14BrN3/c1-8-12(10-6-15-7-10)17-13(16-8)9-2-4-11(14)5-3-9/h2-5,10,15H,6-7H2,1H3,(H,16,17). The van der Waals surface area contributed by atoms with E-state index < -0.39 is 0 Å². The van der Waals surface area contributed by atoms with Crippen molar-refractivity contribution < 1.29 is 0 Å². The minimum atomic E-state index is 0.579. The second-order valence-corrected chi connectivity index (χ2v) is 5.37. The molecular formula is C13H14BrN3. The molecule has 2 aromatic rings. The molecule has 0 atom stereocenters. The van der Waals surface area contributed by atoms with Crippen molar-refractivity contribution in [2.45, 2.75) is 12.8 Å². The minimum Gasteiger partial charge on any atom is -0.342 e. The monoisotopic (exact) mass is 291 g/mol. The molecule has 2 heterocycles. The second-order valence-electron chi connectivity index (χ2n) is 4.46. The van der Waals surface area contributed by atoms with E-state index in [0.717, 1.165) is 29.0 Å². The molecule has 1 aromatic heterocycles. The maximum Gasteiger partial charge on any atom is 0.137 e. The van der Waals surface area contributed by atoms with Gasteiger partial charge in [0.25, 0.3) is 0 Å². The average Bonchev–Trinajstić information content (AvgIpc) is 2.60. The van der Waals surface area contributed by atoms with Gasteiger partial charge in [-0.15, -0.1) is 0 Å². The van der Waals surface area contributed by atoms with E-state index >= 15 is 0 Å². The number of H-pyrrole nitrogens is 1. The van der Waals surface area contributed by atoms with Crippen molar-refractivity contribution in [3.63, 3.8) is 0 Å². The van der Waals surface area contributed by atoms with Crippen LogP contribution in [0.3, 0.4) is 0 Å². The first-order valence-electron chi connectivity index (χ1n) is 5.77. The van der Waals surface area contributed by atoms with Crippen molar-refractivity contribution in [1.29, 1.82) is 0 Å². The molecule has 3 nitrogen and oxygen atoms in total. The third-order valence-corrected chi connectivity index (χ3v) is 3.74. The van der Waals surface area contributed by atoms with Crippen LogP contribution in [-0.2, 0) is 0 Å². The number of aryl methyl sites for hydroxylation is 1. The number of nitrogens with zero attached hydrogens (tertiary/aromatic N) is 1. The van der Waals surface area contributed by atoms with Gasteiger partial charge in [-0.1, -0.05) is 28.1 Å². The van der Waals surface area contributed by atoms with E-state index in [1.54, 1.807) is 0 Å². The van der Waals surface area contributed by atoms with Gasteiger partial charge in [-0.25, -0.2) is 4.98 Å². The number of imidazole rings is 1. The molecule has 0 unspecified atom stereocenters.